The van der Waals surface area contributed by atoms with E-state index in [-0.39, 0.29) is 34.1 Å². The van der Waals surface area contributed by atoms with Crippen LogP contribution in [-0.4, -0.2) is 35.6 Å². The number of imidazole rings is 1. The van der Waals surface area contributed by atoms with Crippen molar-refractivity contribution >= 4 is 34.4 Å². The zero-order chi connectivity index (χ0) is 21.8. The summed E-state index contributed by atoms with van der Waals surface area (Å²) in [6, 6.07) is 5.36. The molecular formula is C19H21N5O5S. The van der Waals surface area contributed by atoms with Crippen LogP contribution in [0.5, 0.6) is 0 Å². The van der Waals surface area contributed by atoms with Gasteiger partial charge in [0, 0.05) is 30.8 Å². The molecule has 0 aliphatic heterocycles. The van der Waals surface area contributed by atoms with Crippen molar-refractivity contribution in [3.63, 3.8) is 0 Å². The van der Waals surface area contributed by atoms with E-state index in [9.17, 15) is 24.5 Å². The van der Waals surface area contributed by atoms with Crippen LogP contribution in [0, 0.1) is 10.1 Å². The Labute approximate surface area is 175 Å². The minimum Gasteiger partial charge on any atom is -0.327 e. The fourth-order valence-corrected chi connectivity index (χ4v) is 3.81. The number of aryl methyl sites for hydroxylation is 1. The second kappa shape index (κ2) is 9.08. The predicted molar refractivity (Wildman–Crippen MR) is 113 cm³/mol. The lowest BCUT2D eigenvalue weighted by atomic mass is 10.1. The Morgan fingerprint density at radius 2 is 1.77 bits per heavy atom. The first kappa shape index (κ1) is 21.5. The highest BCUT2D eigenvalue weighted by molar-refractivity contribution is 7.99. The van der Waals surface area contributed by atoms with Crippen LogP contribution in [-0.2, 0) is 13.1 Å². The summed E-state index contributed by atoms with van der Waals surface area (Å²) in [7, 11) is 0. The van der Waals surface area contributed by atoms with Gasteiger partial charge in [0.15, 0.2) is 22.1 Å². The first-order valence-electron chi connectivity index (χ1n) is 9.51. The highest BCUT2D eigenvalue weighted by atomic mass is 32.2. The average Bonchev–Trinajstić information content (AvgIpc) is 3.17. The molecule has 11 heteroatoms. The van der Waals surface area contributed by atoms with Crippen molar-refractivity contribution in [2.75, 3.05) is 5.75 Å². The van der Waals surface area contributed by atoms with Crippen molar-refractivity contribution in [3.05, 3.63) is 60.8 Å². The number of hydrogen-bond acceptors (Lipinski definition) is 7. The van der Waals surface area contributed by atoms with Crippen molar-refractivity contribution < 1.29 is 9.72 Å². The van der Waals surface area contributed by atoms with Crippen LogP contribution < -0.4 is 11.2 Å². The number of benzene rings is 1. The van der Waals surface area contributed by atoms with Gasteiger partial charge in [0.05, 0.1) is 10.7 Å². The number of nitrogens with one attached hydrogen (secondary N) is 1. The van der Waals surface area contributed by atoms with E-state index >= 15 is 0 Å². The molecule has 158 valence electrons. The fourth-order valence-electron chi connectivity index (χ4n) is 3.05. The third kappa shape index (κ3) is 4.20. The molecule has 0 bridgehead atoms. The molecule has 0 aliphatic rings. The number of aromatic amines is 1. The molecule has 2 heterocycles. The number of nitrogens with zero attached hydrogens (tertiary/aromatic N) is 4. The molecule has 0 aliphatic carbocycles. The summed E-state index contributed by atoms with van der Waals surface area (Å²) >= 11 is 1.11. The fraction of sp³-hybridized carbons (Fsp3) is 0.368. The van der Waals surface area contributed by atoms with Gasteiger partial charge in [-0.25, -0.2) is 9.78 Å². The second-order valence-electron chi connectivity index (χ2n) is 6.65. The summed E-state index contributed by atoms with van der Waals surface area (Å²) in [5.41, 5.74) is -0.0381. The number of Topliss-reactive ketones (excluding diaryl/α,β-unsaturated/α-hetero) is 1. The largest absolute Gasteiger partial charge is 0.332 e. The Balaban J connectivity index is 1.88. The number of non-ortho nitro benzene ring substituents is 1. The predicted octanol–water partition coefficient (Wildman–Crippen LogP) is 2.59. The maximum atomic E-state index is 12.7. The average molecular weight is 431 g/mol. The first-order valence-corrected chi connectivity index (χ1v) is 10.5. The first-order chi connectivity index (χ1) is 14.4. The van der Waals surface area contributed by atoms with Crippen LogP contribution in [0.2, 0.25) is 0 Å². The van der Waals surface area contributed by atoms with E-state index in [4.69, 9.17) is 0 Å². The second-order valence-corrected chi connectivity index (χ2v) is 7.61. The van der Waals surface area contributed by atoms with Gasteiger partial charge in [-0.2, -0.15) is 0 Å². The summed E-state index contributed by atoms with van der Waals surface area (Å²) in [6.07, 6.45) is 1.35. The van der Waals surface area contributed by atoms with Gasteiger partial charge >= 0.3 is 5.69 Å². The smallest absolute Gasteiger partial charge is 0.327 e. The topological polar surface area (TPSA) is 133 Å². The number of thioether (sulfide) groups is 1. The molecule has 1 N–H and O–H groups in total. The lowest BCUT2D eigenvalue weighted by Crippen LogP contribution is -2.40. The number of ketones is 1. The summed E-state index contributed by atoms with van der Waals surface area (Å²) in [6.45, 7) is 4.56. The Hall–Kier alpha value is -3.21. The molecule has 1 aromatic carbocycles. The lowest BCUT2D eigenvalue weighted by molar-refractivity contribution is -0.384. The monoisotopic (exact) mass is 431 g/mol. The van der Waals surface area contributed by atoms with E-state index in [0.29, 0.717) is 36.7 Å². The molecule has 3 rings (SSSR count). The highest BCUT2D eigenvalue weighted by Crippen LogP contribution is 2.20. The quantitative estimate of drug-likeness (QED) is 0.238. The zero-order valence-electron chi connectivity index (χ0n) is 16.6. The van der Waals surface area contributed by atoms with Crippen LogP contribution in [0.25, 0.3) is 11.2 Å². The van der Waals surface area contributed by atoms with Crippen LogP contribution in [0.15, 0.2) is 39.0 Å². The van der Waals surface area contributed by atoms with Gasteiger partial charge in [0.25, 0.3) is 11.2 Å². The van der Waals surface area contributed by atoms with Gasteiger partial charge in [0.2, 0.25) is 0 Å². The van der Waals surface area contributed by atoms with Crippen molar-refractivity contribution in [3.8, 4) is 0 Å². The minimum atomic E-state index is -0.529. The van der Waals surface area contributed by atoms with E-state index in [2.05, 4.69) is 9.97 Å². The van der Waals surface area contributed by atoms with Gasteiger partial charge in [-0.1, -0.05) is 25.6 Å². The Morgan fingerprint density at radius 3 is 2.37 bits per heavy atom. The van der Waals surface area contributed by atoms with Gasteiger partial charge in [-0.3, -0.25) is 28.8 Å². The van der Waals surface area contributed by atoms with Gasteiger partial charge in [0.1, 0.15) is 0 Å². The Kier molecular flexibility index (Phi) is 6.50. The lowest BCUT2D eigenvalue weighted by Gasteiger charge is -2.09. The van der Waals surface area contributed by atoms with Crippen LogP contribution in [0.4, 0.5) is 5.69 Å². The number of carbonyl (C=O) groups excluding carboxylic acids is 1. The van der Waals surface area contributed by atoms with Gasteiger partial charge in [-0.15, -0.1) is 0 Å². The molecule has 0 fully saturated rings. The van der Waals surface area contributed by atoms with Crippen molar-refractivity contribution in [2.45, 2.75) is 44.9 Å². The molecule has 0 radical (unpaired) electrons. The standard InChI is InChI=1S/C19H21N5O5S/c1-3-9-22-16-15(17(26)23(10-4-2)19(22)27)20-18(21-16)30-11-14(25)12-5-7-13(8-6-12)24(28)29/h5-8H,3-4,9-11H2,1-2H3,(H,20,21). The number of rotatable bonds is 9. The maximum absolute atomic E-state index is 12.7. The summed E-state index contributed by atoms with van der Waals surface area (Å²) < 4.78 is 2.68. The number of H-pyrrole nitrogens is 1. The highest BCUT2D eigenvalue weighted by Gasteiger charge is 2.18. The number of carbonyl (C=O) groups is 1. The number of nitro benzene ring substituents is 1. The molecule has 10 nitrogen and oxygen atoms in total. The van der Waals surface area contributed by atoms with E-state index in [0.717, 1.165) is 11.8 Å². The SMILES string of the molecule is CCCn1c(=O)c2[nH]c(SCC(=O)c3ccc([N+](=O)[O-])cc3)nc2n(CCC)c1=O. The molecule has 3 aromatic rings. The van der Waals surface area contributed by atoms with Crippen LogP contribution >= 0.6 is 11.8 Å². The van der Waals surface area contributed by atoms with E-state index < -0.39 is 10.5 Å². The third-order valence-electron chi connectivity index (χ3n) is 4.47. The number of hydrogen-bond donors (Lipinski definition) is 1. The third-order valence-corrected chi connectivity index (χ3v) is 5.35. The Morgan fingerprint density at radius 1 is 1.13 bits per heavy atom. The molecule has 2 aromatic heterocycles. The number of nitro groups is 1. The summed E-state index contributed by atoms with van der Waals surface area (Å²) in [5, 5.41) is 11.1. The van der Waals surface area contributed by atoms with E-state index in [1.165, 1.54) is 33.4 Å². The number of aromatic nitrogens is 4. The molecule has 0 spiro atoms. The van der Waals surface area contributed by atoms with E-state index in [1.54, 1.807) is 0 Å². The molecule has 0 amide bonds. The van der Waals surface area contributed by atoms with Crippen molar-refractivity contribution in [1.29, 1.82) is 0 Å². The minimum absolute atomic E-state index is 0.0266. The summed E-state index contributed by atoms with van der Waals surface area (Å²) in [4.78, 5) is 55.3. The molecule has 0 saturated carbocycles. The molecular weight excluding hydrogens is 410 g/mol. The zero-order valence-corrected chi connectivity index (χ0v) is 17.4. The van der Waals surface area contributed by atoms with Gasteiger partial charge in [-0.05, 0) is 25.0 Å². The molecule has 30 heavy (non-hydrogen) atoms. The maximum Gasteiger partial charge on any atom is 0.332 e. The van der Waals surface area contributed by atoms with Crippen LogP contribution in [0.1, 0.15) is 37.0 Å². The van der Waals surface area contributed by atoms with Crippen molar-refractivity contribution in [2.24, 2.45) is 0 Å². The number of fused-ring (bicyclic) bond motifs is 1. The van der Waals surface area contributed by atoms with Crippen molar-refractivity contribution in [1.82, 2.24) is 19.1 Å². The van der Waals surface area contributed by atoms with Crippen LogP contribution in [0.3, 0.4) is 0 Å². The normalized spacial score (nSPS) is 11.1. The van der Waals surface area contributed by atoms with E-state index in [1.807, 2.05) is 13.8 Å². The Bertz CT molecular complexity index is 1210. The summed E-state index contributed by atoms with van der Waals surface area (Å²) in [5.74, 6) is -0.205. The van der Waals surface area contributed by atoms with Gasteiger partial charge < -0.3 is 4.98 Å². The molecule has 0 atom stereocenters. The molecule has 0 unspecified atom stereocenters. The molecule has 0 saturated heterocycles.